The summed E-state index contributed by atoms with van der Waals surface area (Å²) in [7, 11) is 0. The Morgan fingerprint density at radius 1 is 1.36 bits per heavy atom. The van der Waals surface area contributed by atoms with Crippen molar-refractivity contribution in [1.82, 2.24) is 9.88 Å². The predicted octanol–water partition coefficient (Wildman–Crippen LogP) is 4.09. The second kappa shape index (κ2) is 7.56. The van der Waals surface area contributed by atoms with Gasteiger partial charge in [-0.1, -0.05) is 34.6 Å². The smallest absolute Gasteiger partial charge is 0.0664 e. The third kappa shape index (κ3) is 5.06. The Hall–Kier alpha value is -0.930. The first-order valence-electron chi connectivity index (χ1n) is 8.61. The molecule has 0 aromatic carbocycles. The zero-order chi connectivity index (χ0) is 16.2. The van der Waals surface area contributed by atoms with Gasteiger partial charge in [-0.3, -0.25) is 9.88 Å². The summed E-state index contributed by atoms with van der Waals surface area (Å²) in [4.78, 5) is 6.99. The van der Waals surface area contributed by atoms with Crippen LogP contribution in [0.25, 0.3) is 0 Å². The van der Waals surface area contributed by atoms with Crippen molar-refractivity contribution in [2.75, 3.05) is 26.3 Å². The second-order valence-corrected chi connectivity index (χ2v) is 8.12. The van der Waals surface area contributed by atoms with E-state index in [-0.39, 0.29) is 5.41 Å². The van der Waals surface area contributed by atoms with Crippen molar-refractivity contribution in [3.8, 4) is 0 Å². The Balaban J connectivity index is 2.20. The van der Waals surface area contributed by atoms with E-state index in [1.165, 1.54) is 17.5 Å². The van der Waals surface area contributed by atoms with Crippen LogP contribution in [0.2, 0.25) is 0 Å². The van der Waals surface area contributed by atoms with Crippen molar-refractivity contribution >= 4 is 0 Å². The Labute approximate surface area is 136 Å². The number of rotatable bonds is 5. The van der Waals surface area contributed by atoms with Crippen LogP contribution >= 0.6 is 0 Å². The highest BCUT2D eigenvalue weighted by atomic mass is 16.5. The van der Waals surface area contributed by atoms with E-state index in [1.54, 1.807) is 0 Å². The van der Waals surface area contributed by atoms with Crippen molar-refractivity contribution < 1.29 is 4.74 Å². The lowest BCUT2D eigenvalue weighted by atomic mass is 9.85. The fraction of sp³-hybridized carbons (Fsp3) is 0.737. The van der Waals surface area contributed by atoms with Crippen LogP contribution in [-0.2, 0) is 11.2 Å². The van der Waals surface area contributed by atoms with Crippen LogP contribution in [0.5, 0.6) is 0 Å². The van der Waals surface area contributed by atoms with Crippen molar-refractivity contribution in [2.45, 2.75) is 53.5 Å². The van der Waals surface area contributed by atoms with E-state index in [9.17, 15) is 0 Å². The zero-order valence-corrected chi connectivity index (χ0v) is 14.9. The van der Waals surface area contributed by atoms with E-state index < -0.39 is 0 Å². The molecular weight excluding hydrogens is 272 g/mol. The summed E-state index contributed by atoms with van der Waals surface area (Å²) in [6, 6.07) is 2.55. The Morgan fingerprint density at radius 3 is 2.82 bits per heavy atom. The summed E-state index contributed by atoms with van der Waals surface area (Å²) < 4.78 is 5.79. The standard InChI is InChI=1S/C19H32N2O/c1-15(2)7-9-21-10-11-22-14-18(21)17-13-20-8-6-16(17)12-19(3,4)5/h6,8,13,15,18H,7,9-12,14H2,1-5H3. The largest absolute Gasteiger partial charge is 0.378 e. The lowest BCUT2D eigenvalue weighted by Gasteiger charge is -2.37. The maximum absolute atomic E-state index is 5.79. The summed E-state index contributed by atoms with van der Waals surface area (Å²) in [5, 5.41) is 0. The van der Waals surface area contributed by atoms with Gasteiger partial charge in [0.1, 0.15) is 0 Å². The molecule has 22 heavy (non-hydrogen) atoms. The Kier molecular flexibility index (Phi) is 5.99. The van der Waals surface area contributed by atoms with Crippen molar-refractivity contribution in [1.29, 1.82) is 0 Å². The molecule has 0 saturated carbocycles. The van der Waals surface area contributed by atoms with Gasteiger partial charge in [-0.15, -0.1) is 0 Å². The molecule has 2 heterocycles. The number of morpholine rings is 1. The normalized spacial score (nSPS) is 20.5. The minimum Gasteiger partial charge on any atom is -0.378 e. The van der Waals surface area contributed by atoms with Gasteiger partial charge in [0.2, 0.25) is 0 Å². The number of ether oxygens (including phenoxy) is 1. The molecule has 1 saturated heterocycles. The molecular formula is C19H32N2O. The lowest BCUT2D eigenvalue weighted by molar-refractivity contribution is -0.0107. The molecule has 3 nitrogen and oxygen atoms in total. The summed E-state index contributed by atoms with van der Waals surface area (Å²) in [5.74, 6) is 0.742. The van der Waals surface area contributed by atoms with Crippen molar-refractivity contribution in [3.63, 3.8) is 0 Å². The molecule has 3 heteroatoms. The van der Waals surface area contributed by atoms with Crippen molar-refractivity contribution in [3.05, 3.63) is 29.6 Å². The third-order valence-corrected chi connectivity index (χ3v) is 4.26. The second-order valence-electron chi connectivity index (χ2n) is 8.12. The molecule has 0 aliphatic carbocycles. The molecule has 1 aliphatic rings. The van der Waals surface area contributed by atoms with Gasteiger partial charge in [-0.2, -0.15) is 0 Å². The average molecular weight is 304 g/mol. The molecule has 2 rings (SSSR count). The average Bonchev–Trinajstić information content (AvgIpc) is 2.44. The summed E-state index contributed by atoms with van der Waals surface area (Å²) in [5.41, 5.74) is 3.07. The molecule has 0 amide bonds. The van der Waals surface area contributed by atoms with Crippen LogP contribution in [0.3, 0.4) is 0 Å². The van der Waals surface area contributed by atoms with E-state index >= 15 is 0 Å². The highest BCUT2D eigenvalue weighted by molar-refractivity contribution is 5.28. The van der Waals surface area contributed by atoms with Gasteiger partial charge < -0.3 is 4.74 Å². The molecule has 124 valence electrons. The minimum atomic E-state index is 0.286. The van der Waals surface area contributed by atoms with Crippen LogP contribution in [-0.4, -0.2) is 36.2 Å². The molecule has 1 aliphatic heterocycles. The molecule has 1 atom stereocenters. The Morgan fingerprint density at radius 2 is 2.14 bits per heavy atom. The Bertz CT molecular complexity index is 465. The van der Waals surface area contributed by atoms with Gasteiger partial charge in [0, 0.05) is 18.9 Å². The van der Waals surface area contributed by atoms with Gasteiger partial charge in [-0.05, 0) is 47.9 Å². The molecule has 1 unspecified atom stereocenters. The van der Waals surface area contributed by atoms with Crippen LogP contribution in [0.4, 0.5) is 0 Å². The van der Waals surface area contributed by atoms with Gasteiger partial charge in [-0.25, -0.2) is 0 Å². The lowest BCUT2D eigenvalue weighted by Crippen LogP contribution is -2.41. The molecule has 0 spiro atoms. The van der Waals surface area contributed by atoms with Gasteiger partial charge in [0.25, 0.3) is 0 Å². The minimum absolute atomic E-state index is 0.286. The topological polar surface area (TPSA) is 25.4 Å². The molecule has 1 aromatic rings. The number of pyridine rings is 1. The fourth-order valence-corrected chi connectivity index (χ4v) is 3.08. The summed E-state index contributed by atoms with van der Waals surface area (Å²) in [6.07, 6.45) is 6.31. The van der Waals surface area contributed by atoms with Gasteiger partial charge >= 0.3 is 0 Å². The molecule has 0 radical (unpaired) electrons. The zero-order valence-electron chi connectivity index (χ0n) is 14.9. The van der Waals surface area contributed by atoms with Crippen LogP contribution in [0, 0.1) is 11.3 Å². The molecule has 0 bridgehead atoms. The first-order chi connectivity index (χ1) is 10.4. The SMILES string of the molecule is CC(C)CCN1CCOCC1c1cnccc1CC(C)(C)C. The number of nitrogens with zero attached hydrogens (tertiary/aromatic N) is 2. The van der Waals surface area contributed by atoms with Gasteiger partial charge in [0.05, 0.1) is 19.3 Å². The quantitative estimate of drug-likeness (QED) is 0.819. The monoisotopic (exact) mass is 304 g/mol. The van der Waals surface area contributed by atoms with Crippen LogP contribution in [0.1, 0.15) is 58.2 Å². The maximum Gasteiger partial charge on any atom is 0.0664 e. The first kappa shape index (κ1) is 17.4. The van der Waals surface area contributed by atoms with Crippen LogP contribution in [0.15, 0.2) is 18.5 Å². The first-order valence-corrected chi connectivity index (χ1v) is 8.61. The van der Waals surface area contributed by atoms with E-state index in [2.05, 4.69) is 56.8 Å². The fourth-order valence-electron chi connectivity index (χ4n) is 3.08. The van der Waals surface area contributed by atoms with Crippen molar-refractivity contribution in [2.24, 2.45) is 11.3 Å². The van der Waals surface area contributed by atoms with E-state index in [1.807, 2.05) is 6.20 Å². The number of aromatic nitrogens is 1. The predicted molar refractivity (Wildman–Crippen MR) is 92.0 cm³/mol. The highest BCUT2D eigenvalue weighted by Gasteiger charge is 2.27. The van der Waals surface area contributed by atoms with E-state index in [0.717, 1.165) is 38.6 Å². The highest BCUT2D eigenvalue weighted by Crippen LogP contribution is 2.30. The number of hydrogen-bond acceptors (Lipinski definition) is 3. The summed E-state index contributed by atoms with van der Waals surface area (Å²) >= 11 is 0. The summed E-state index contributed by atoms with van der Waals surface area (Å²) in [6.45, 7) is 15.3. The third-order valence-electron chi connectivity index (χ3n) is 4.26. The van der Waals surface area contributed by atoms with Crippen LogP contribution < -0.4 is 0 Å². The molecule has 0 N–H and O–H groups in total. The molecule has 1 fully saturated rings. The number of hydrogen-bond donors (Lipinski definition) is 0. The van der Waals surface area contributed by atoms with E-state index in [0.29, 0.717) is 6.04 Å². The van der Waals surface area contributed by atoms with E-state index in [4.69, 9.17) is 4.74 Å². The van der Waals surface area contributed by atoms with Gasteiger partial charge in [0.15, 0.2) is 0 Å². The maximum atomic E-state index is 5.79. The molecule has 1 aromatic heterocycles.